The Morgan fingerprint density at radius 2 is 1.57 bits per heavy atom. The molecule has 0 aliphatic heterocycles. The highest BCUT2D eigenvalue weighted by atomic mass is 16.5. The van der Waals surface area contributed by atoms with Crippen LogP contribution in [0.25, 0.3) is 6.08 Å². The highest BCUT2D eigenvalue weighted by Gasteiger charge is 2.00. The summed E-state index contributed by atoms with van der Waals surface area (Å²) in [4.78, 5) is 21.2. The van der Waals surface area contributed by atoms with Gasteiger partial charge in [0.1, 0.15) is 18.1 Å². The Morgan fingerprint density at radius 3 is 2.09 bits per heavy atom. The number of esters is 1. The predicted molar refractivity (Wildman–Crippen MR) is 85.1 cm³/mol. The van der Waals surface area contributed by atoms with Gasteiger partial charge >= 0.3 is 11.9 Å². The van der Waals surface area contributed by atoms with E-state index >= 15 is 0 Å². The van der Waals surface area contributed by atoms with Crippen LogP contribution in [0.15, 0.2) is 54.6 Å². The van der Waals surface area contributed by atoms with Crippen molar-refractivity contribution in [3.8, 4) is 11.5 Å². The van der Waals surface area contributed by atoms with Crippen molar-refractivity contribution in [2.75, 3.05) is 0 Å². The number of ether oxygens (including phenoxy) is 2. The Bertz CT molecular complexity index is 699. The second kappa shape index (κ2) is 7.79. The van der Waals surface area contributed by atoms with Gasteiger partial charge in [0.25, 0.3) is 0 Å². The number of carbonyl (C=O) groups excluding carboxylic acids is 1. The van der Waals surface area contributed by atoms with Crippen molar-refractivity contribution in [3.05, 3.63) is 65.7 Å². The fourth-order valence-electron chi connectivity index (χ4n) is 1.79. The van der Waals surface area contributed by atoms with Crippen LogP contribution < -0.4 is 4.74 Å². The van der Waals surface area contributed by atoms with Crippen LogP contribution in [-0.4, -0.2) is 17.0 Å². The molecule has 0 heterocycles. The first-order valence-corrected chi connectivity index (χ1v) is 6.94. The highest BCUT2D eigenvalue weighted by molar-refractivity contribution is 5.85. The highest BCUT2D eigenvalue weighted by Crippen LogP contribution is 2.22. The predicted octanol–water partition coefficient (Wildman–Crippen LogP) is 3.64. The van der Waals surface area contributed by atoms with Crippen LogP contribution in [0.2, 0.25) is 0 Å². The monoisotopic (exact) mass is 312 g/mol. The molecule has 118 valence electrons. The molecule has 0 aliphatic rings. The Labute approximate surface area is 133 Å². The fraction of sp³-hybridized carbons (Fsp3) is 0.111. The average Bonchev–Trinajstić information content (AvgIpc) is 2.53. The molecule has 0 aromatic heterocycles. The minimum absolute atomic E-state index is 0.236. The summed E-state index contributed by atoms with van der Waals surface area (Å²) in [6.07, 6.45) is 2.59. The molecule has 23 heavy (non-hydrogen) atoms. The van der Waals surface area contributed by atoms with E-state index in [4.69, 9.17) is 14.6 Å². The van der Waals surface area contributed by atoms with Gasteiger partial charge in [0.2, 0.25) is 0 Å². The van der Waals surface area contributed by atoms with Crippen molar-refractivity contribution < 1.29 is 24.2 Å². The molecule has 2 aromatic carbocycles. The van der Waals surface area contributed by atoms with Crippen molar-refractivity contribution in [2.24, 2.45) is 0 Å². The minimum Gasteiger partial charge on any atom is -0.478 e. The minimum atomic E-state index is -0.987. The van der Waals surface area contributed by atoms with Crippen molar-refractivity contribution in [2.45, 2.75) is 13.5 Å². The van der Waals surface area contributed by atoms with Gasteiger partial charge in [0, 0.05) is 13.0 Å². The molecule has 2 aromatic rings. The fourth-order valence-corrected chi connectivity index (χ4v) is 1.79. The number of rotatable bonds is 6. The molecule has 0 bridgehead atoms. The second-order valence-electron chi connectivity index (χ2n) is 4.77. The third-order valence-corrected chi connectivity index (χ3v) is 2.90. The van der Waals surface area contributed by atoms with Crippen molar-refractivity contribution in [1.29, 1.82) is 0 Å². The maximum Gasteiger partial charge on any atom is 0.328 e. The first-order chi connectivity index (χ1) is 11.0. The molecule has 1 N–H and O–H groups in total. The van der Waals surface area contributed by atoms with Crippen molar-refractivity contribution >= 4 is 18.0 Å². The smallest absolute Gasteiger partial charge is 0.328 e. The lowest BCUT2D eigenvalue weighted by molar-refractivity contribution is -0.142. The Morgan fingerprint density at radius 1 is 1.00 bits per heavy atom. The van der Waals surface area contributed by atoms with E-state index in [1.54, 1.807) is 36.4 Å². The number of hydrogen-bond acceptors (Lipinski definition) is 4. The van der Waals surface area contributed by atoms with Gasteiger partial charge in [-0.25, -0.2) is 4.79 Å². The maximum atomic E-state index is 10.8. The number of benzene rings is 2. The van der Waals surface area contributed by atoms with Crippen LogP contribution in [0, 0.1) is 0 Å². The van der Waals surface area contributed by atoms with Gasteiger partial charge in [-0.15, -0.1) is 0 Å². The summed E-state index contributed by atoms with van der Waals surface area (Å²) in [5.41, 5.74) is 1.65. The lowest BCUT2D eigenvalue weighted by Gasteiger charge is -2.07. The van der Waals surface area contributed by atoms with E-state index in [-0.39, 0.29) is 12.6 Å². The van der Waals surface area contributed by atoms with E-state index in [0.29, 0.717) is 11.5 Å². The van der Waals surface area contributed by atoms with Crippen LogP contribution in [0.1, 0.15) is 18.1 Å². The van der Waals surface area contributed by atoms with Crippen LogP contribution in [0.3, 0.4) is 0 Å². The van der Waals surface area contributed by atoms with Crippen LogP contribution in [0.5, 0.6) is 11.5 Å². The number of aliphatic carboxylic acids is 1. The third kappa shape index (κ3) is 5.67. The largest absolute Gasteiger partial charge is 0.478 e. The summed E-state index contributed by atoms with van der Waals surface area (Å²) in [5, 5.41) is 8.58. The first kappa shape index (κ1) is 16.3. The van der Waals surface area contributed by atoms with Gasteiger partial charge in [0.05, 0.1) is 0 Å². The normalized spacial score (nSPS) is 10.5. The zero-order valence-corrected chi connectivity index (χ0v) is 12.6. The standard InChI is InChI=1S/C18H16O5/c1-13(19)22-12-15-4-9-17(10-5-15)23-16-7-2-14(3-8-16)6-11-18(20)21/h2-11H,12H2,1H3,(H,20,21)/b11-6+. The first-order valence-electron chi connectivity index (χ1n) is 6.94. The maximum absolute atomic E-state index is 10.8. The topological polar surface area (TPSA) is 72.8 Å². The zero-order chi connectivity index (χ0) is 16.7. The van der Waals surface area contributed by atoms with Crippen molar-refractivity contribution in [1.82, 2.24) is 0 Å². The number of hydrogen-bond donors (Lipinski definition) is 1. The average molecular weight is 312 g/mol. The van der Waals surface area contributed by atoms with Gasteiger partial charge in [-0.05, 0) is 41.5 Å². The molecule has 5 heteroatoms. The van der Waals surface area contributed by atoms with E-state index in [1.165, 1.54) is 13.0 Å². The molecule has 0 aliphatic carbocycles. The molecule has 0 spiro atoms. The van der Waals surface area contributed by atoms with Gasteiger partial charge in [-0.2, -0.15) is 0 Å². The summed E-state index contributed by atoms with van der Waals surface area (Å²) < 4.78 is 10.6. The van der Waals surface area contributed by atoms with E-state index in [9.17, 15) is 9.59 Å². The molecular formula is C18H16O5. The number of carboxylic acids is 1. The summed E-state index contributed by atoms with van der Waals surface area (Å²) in [5.74, 6) is -0.00264. The van der Waals surface area contributed by atoms with Crippen LogP contribution in [0.4, 0.5) is 0 Å². The summed E-state index contributed by atoms with van der Waals surface area (Å²) >= 11 is 0. The second-order valence-corrected chi connectivity index (χ2v) is 4.77. The SMILES string of the molecule is CC(=O)OCc1ccc(Oc2ccc(/C=C/C(=O)O)cc2)cc1. The van der Waals surface area contributed by atoms with Gasteiger partial charge in [-0.1, -0.05) is 24.3 Å². The molecule has 0 atom stereocenters. The Hall–Kier alpha value is -3.08. The lowest BCUT2D eigenvalue weighted by atomic mass is 10.2. The van der Waals surface area contributed by atoms with E-state index in [1.807, 2.05) is 12.1 Å². The molecule has 0 radical (unpaired) electrons. The molecule has 0 fully saturated rings. The molecule has 0 saturated heterocycles. The molecule has 0 unspecified atom stereocenters. The Balaban J connectivity index is 1.96. The molecule has 5 nitrogen and oxygen atoms in total. The van der Waals surface area contributed by atoms with Gasteiger partial charge < -0.3 is 14.6 Å². The van der Waals surface area contributed by atoms with Crippen molar-refractivity contribution in [3.63, 3.8) is 0 Å². The third-order valence-electron chi connectivity index (χ3n) is 2.90. The molecule has 0 saturated carbocycles. The zero-order valence-electron chi connectivity index (χ0n) is 12.6. The summed E-state index contributed by atoms with van der Waals surface area (Å²) in [6.45, 7) is 1.60. The molecular weight excluding hydrogens is 296 g/mol. The Kier molecular flexibility index (Phi) is 5.52. The number of carbonyl (C=O) groups is 2. The quantitative estimate of drug-likeness (QED) is 0.651. The summed E-state index contributed by atoms with van der Waals surface area (Å²) in [6, 6.07) is 14.3. The number of carboxylic acid groups (broad SMARTS) is 1. The van der Waals surface area contributed by atoms with Gasteiger partial charge in [-0.3, -0.25) is 4.79 Å². The lowest BCUT2D eigenvalue weighted by Crippen LogP contribution is -1.98. The van der Waals surface area contributed by atoms with Crippen LogP contribution >= 0.6 is 0 Å². The molecule has 2 rings (SSSR count). The van der Waals surface area contributed by atoms with Crippen LogP contribution in [-0.2, 0) is 20.9 Å². The summed E-state index contributed by atoms with van der Waals surface area (Å²) in [7, 11) is 0. The van der Waals surface area contributed by atoms with E-state index in [2.05, 4.69) is 0 Å². The van der Waals surface area contributed by atoms with E-state index in [0.717, 1.165) is 17.2 Å². The van der Waals surface area contributed by atoms with Gasteiger partial charge in [0.15, 0.2) is 0 Å². The van der Waals surface area contributed by atoms with E-state index < -0.39 is 5.97 Å². The molecule has 0 amide bonds.